The van der Waals surface area contributed by atoms with Crippen LogP contribution in [-0.2, 0) is 28.1 Å². The molecule has 6 heteroatoms. The molecule has 144 valence electrons. The molecular formula is C22H22ClN3O2. The minimum absolute atomic E-state index is 0.00898. The van der Waals surface area contributed by atoms with Crippen LogP contribution in [0.25, 0.3) is 0 Å². The molecule has 0 saturated heterocycles. The first-order chi connectivity index (χ1) is 13.7. The molecule has 1 heterocycles. The Bertz CT molecular complexity index is 934. The molecular weight excluding hydrogens is 374 g/mol. The van der Waals surface area contributed by atoms with Crippen molar-refractivity contribution in [2.45, 2.75) is 31.4 Å². The van der Waals surface area contributed by atoms with E-state index in [9.17, 15) is 4.79 Å². The molecule has 1 aliphatic rings. The maximum atomic E-state index is 12.8. The summed E-state index contributed by atoms with van der Waals surface area (Å²) in [6.45, 7) is 1.76. The predicted octanol–water partition coefficient (Wildman–Crippen LogP) is 4.42. The van der Waals surface area contributed by atoms with E-state index in [4.69, 9.17) is 16.3 Å². The molecule has 1 fully saturated rings. The molecule has 0 aliphatic heterocycles. The molecule has 0 unspecified atom stereocenters. The second kappa shape index (κ2) is 8.17. The van der Waals surface area contributed by atoms with Crippen molar-refractivity contribution in [1.29, 1.82) is 0 Å². The lowest BCUT2D eigenvalue weighted by atomic mass is 9.95. The summed E-state index contributed by atoms with van der Waals surface area (Å²) in [7, 11) is 0. The highest BCUT2D eigenvalue weighted by Gasteiger charge is 2.51. The van der Waals surface area contributed by atoms with Gasteiger partial charge in [0.25, 0.3) is 0 Å². The number of benzene rings is 2. The number of aromatic nitrogens is 2. The van der Waals surface area contributed by atoms with Crippen LogP contribution in [-0.4, -0.2) is 22.3 Å². The van der Waals surface area contributed by atoms with Crippen LogP contribution in [0.15, 0.2) is 67.0 Å². The van der Waals surface area contributed by atoms with Gasteiger partial charge in [0.1, 0.15) is 0 Å². The third-order valence-corrected chi connectivity index (χ3v) is 5.30. The first-order valence-corrected chi connectivity index (χ1v) is 9.75. The lowest BCUT2D eigenvalue weighted by Crippen LogP contribution is -2.27. The number of rotatable bonds is 8. The van der Waals surface area contributed by atoms with E-state index in [0.717, 1.165) is 24.0 Å². The van der Waals surface area contributed by atoms with Crippen LogP contribution in [0.3, 0.4) is 0 Å². The molecule has 3 aromatic rings. The molecule has 5 nitrogen and oxygen atoms in total. The minimum atomic E-state index is -0.439. The molecule has 0 bridgehead atoms. The molecule has 0 spiro atoms. The monoisotopic (exact) mass is 395 g/mol. The van der Waals surface area contributed by atoms with E-state index in [1.54, 1.807) is 10.9 Å². The topological polar surface area (TPSA) is 56.2 Å². The zero-order valence-electron chi connectivity index (χ0n) is 15.5. The van der Waals surface area contributed by atoms with Crippen LogP contribution < -0.4 is 5.32 Å². The van der Waals surface area contributed by atoms with Crippen LogP contribution in [0.4, 0.5) is 5.69 Å². The van der Waals surface area contributed by atoms with E-state index in [1.807, 2.05) is 60.8 Å². The number of anilines is 1. The minimum Gasteiger partial charge on any atom is -0.375 e. The fourth-order valence-electron chi connectivity index (χ4n) is 3.26. The van der Waals surface area contributed by atoms with Gasteiger partial charge in [-0.25, -0.2) is 0 Å². The Morgan fingerprint density at radius 3 is 2.61 bits per heavy atom. The molecule has 2 aromatic carbocycles. The van der Waals surface area contributed by atoms with Crippen LogP contribution in [0, 0.1) is 0 Å². The summed E-state index contributed by atoms with van der Waals surface area (Å²) < 4.78 is 7.47. The van der Waals surface area contributed by atoms with E-state index in [1.165, 1.54) is 0 Å². The number of hydrogen-bond acceptors (Lipinski definition) is 3. The lowest BCUT2D eigenvalue weighted by Gasteiger charge is -2.15. The van der Waals surface area contributed by atoms with Crippen LogP contribution in [0.5, 0.6) is 0 Å². The first kappa shape index (κ1) is 18.7. The number of amides is 1. The SMILES string of the molecule is O=C(Nc1cnn(CCOCc2ccccc2)c1)C1(c2ccc(Cl)cc2)CC1. The molecule has 0 atom stereocenters. The second-order valence-electron chi connectivity index (χ2n) is 7.07. The van der Waals surface area contributed by atoms with Gasteiger partial charge in [-0.3, -0.25) is 9.48 Å². The van der Waals surface area contributed by atoms with E-state index in [0.29, 0.717) is 30.5 Å². The average Bonchev–Trinajstić information content (AvgIpc) is 3.41. The van der Waals surface area contributed by atoms with Gasteiger partial charge in [-0.2, -0.15) is 5.10 Å². The third kappa shape index (κ3) is 4.26. The van der Waals surface area contributed by atoms with Crippen molar-refractivity contribution in [3.05, 3.63) is 83.1 Å². The quantitative estimate of drug-likeness (QED) is 0.574. The van der Waals surface area contributed by atoms with Gasteiger partial charge in [-0.15, -0.1) is 0 Å². The van der Waals surface area contributed by atoms with Crippen molar-refractivity contribution >= 4 is 23.2 Å². The van der Waals surface area contributed by atoms with Gasteiger partial charge in [0.2, 0.25) is 5.91 Å². The van der Waals surface area contributed by atoms with Gasteiger partial charge < -0.3 is 10.1 Å². The average molecular weight is 396 g/mol. The van der Waals surface area contributed by atoms with Crippen molar-refractivity contribution in [2.24, 2.45) is 0 Å². The van der Waals surface area contributed by atoms with Crippen molar-refractivity contribution < 1.29 is 9.53 Å². The number of carbonyl (C=O) groups is 1. The largest absolute Gasteiger partial charge is 0.375 e. The predicted molar refractivity (Wildman–Crippen MR) is 109 cm³/mol. The van der Waals surface area contributed by atoms with Crippen LogP contribution >= 0.6 is 11.6 Å². The number of halogens is 1. The molecule has 1 N–H and O–H groups in total. The molecule has 1 amide bonds. The summed E-state index contributed by atoms with van der Waals surface area (Å²) in [5.41, 5.74) is 2.42. The molecule has 0 radical (unpaired) electrons. The Balaban J connectivity index is 1.28. The van der Waals surface area contributed by atoms with Crippen molar-refractivity contribution in [1.82, 2.24) is 9.78 Å². The molecule has 1 aliphatic carbocycles. The summed E-state index contributed by atoms with van der Waals surface area (Å²) in [4.78, 5) is 12.8. The zero-order valence-corrected chi connectivity index (χ0v) is 16.2. The van der Waals surface area contributed by atoms with Gasteiger partial charge in [-0.1, -0.05) is 54.1 Å². The first-order valence-electron chi connectivity index (χ1n) is 9.37. The van der Waals surface area contributed by atoms with Gasteiger partial charge in [0.15, 0.2) is 0 Å². The second-order valence-corrected chi connectivity index (χ2v) is 7.51. The Morgan fingerprint density at radius 1 is 1.14 bits per heavy atom. The molecule has 4 rings (SSSR count). The summed E-state index contributed by atoms with van der Waals surface area (Å²) in [5, 5.41) is 7.98. The van der Waals surface area contributed by atoms with Gasteiger partial charge >= 0.3 is 0 Å². The Kier molecular flexibility index (Phi) is 5.46. The van der Waals surface area contributed by atoms with Gasteiger partial charge in [0, 0.05) is 11.2 Å². The Morgan fingerprint density at radius 2 is 1.89 bits per heavy atom. The smallest absolute Gasteiger partial charge is 0.235 e. The fraction of sp³-hybridized carbons (Fsp3) is 0.273. The zero-order chi connectivity index (χ0) is 19.4. The summed E-state index contributed by atoms with van der Waals surface area (Å²) in [5.74, 6) is 0.00898. The standard InChI is InChI=1S/C22H22ClN3O2/c23-19-8-6-18(7-9-19)22(10-11-22)21(27)25-20-14-24-26(15-20)12-13-28-16-17-4-2-1-3-5-17/h1-9,14-15H,10-13,16H2,(H,25,27). The normalized spacial score (nSPS) is 14.6. The lowest BCUT2D eigenvalue weighted by molar-refractivity contribution is -0.118. The van der Waals surface area contributed by atoms with E-state index in [2.05, 4.69) is 10.4 Å². The number of nitrogens with one attached hydrogen (secondary N) is 1. The summed E-state index contributed by atoms with van der Waals surface area (Å²) in [6.07, 6.45) is 5.21. The fourth-order valence-corrected chi connectivity index (χ4v) is 3.39. The highest BCUT2D eigenvalue weighted by Crippen LogP contribution is 2.49. The summed E-state index contributed by atoms with van der Waals surface area (Å²) in [6, 6.07) is 17.6. The maximum absolute atomic E-state index is 12.8. The molecule has 1 aromatic heterocycles. The number of nitrogens with zero attached hydrogens (tertiary/aromatic N) is 2. The van der Waals surface area contributed by atoms with Gasteiger partial charge in [-0.05, 0) is 36.1 Å². The van der Waals surface area contributed by atoms with Gasteiger partial charge in [0.05, 0.1) is 37.1 Å². The number of ether oxygens (including phenoxy) is 1. The molecule has 28 heavy (non-hydrogen) atoms. The van der Waals surface area contributed by atoms with Crippen molar-refractivity contribution in [3.8, 4) is 0 Å². The van der Waals surface area contributed by atoms with Crippen molar-refractivity contribution in [3.63, 3.8) is 0 Å². The van der Waals surface area contributed by atoms with E-state index in [-0.39, 0.29) is 5.91 Å². The highest BCUT2D eigenvalue weighted by atomic mass is 35.5. The Labute approximate surface area is 169 Å². The van der Waals surface area contributed by atoms with E-state index < -0.39 is 5.41 Å². The molecule has 1 saturated carbocycles. The highest BCUT2D eigenvalue weighted by molar-refractivity contribution is 6.30. The van der Waals surface area contributed by atoms with Crippen molar-refractivity contribution in [2.75, 3.05) is 11.9 Å². The number of hydrogen-bond donors (Lipinski definition) is 1. The van der Waals surface area contributed by atoms with E-state index >= 15 is 0 Å². The maximum Gasteiger partial charge on any atom is 0.235 e. The summed E-state index contributed by atoms with van der Waals surface area (Å²) >= 11 is 5.96. The van der Waals surface area contributed by atoms with Crippen LogP contribution in [0.2, 0.25) is 5.02 Å². The van der Waals surface area contributed by atoms with Crippen LogP contribution in [0.1, 0.15) is 24.0 Å². The number of carbonyl (C=O) groups excluding carboxylic acids is 1. The Hall–Kier alpha value is -2.63. The third-order valence-electron chi connectivity index (χ3n) is 5.05.